The van der Waals surface area contributed by atoms with Crippen LogP contribution in [0.5, 0.6) is 5.75 Å². The van der Waals surface area contributed by atoms with Crippen LogP contribution in [0.4, 0.5) is 0 Å². The summed E-state index contributed by atoms with van der Waals surface area (Å²) in [5.74, 6) is 0.204. The van der Waals surface area contributed by atoms with E-state index in [0.29, 0.717) is 25.0 Å². The molecule has 0 fully saturated rings. The smallest absolute Gasteiger partial charge is 0.748 e. The van der Waals surface area contributed by atoms with E-state index in [1.807, 2.05) is 24.3 Å². The van der Waals surface area contributed by atoms with Crippen LogP contribution in [-0.4, -0.2) is 25.3 Å². The third-order valence-electron chi connectivity index (χ3n) is 4.57. The van der Waals surface area contributed by atoms with Gasteiger partial charge in [-0.3, -0.25) is 0 Å². The number of unbranched alkanes of at least 4 members (excludes halogenated alkanes) is 9. The Morgan fingerprint density at radius 3 is 2.07 bits per heavy atom. The van der Waals surface area contributed by atoms with Crippen molar-refractivity contribution in [1.29, 1.82) is 0 Å². The molecule has 0 saturated heterocycles. The van der Waals surface area contributed by atoms with Crippen molar-refractivity contribution in [2.45, 2.75) is 84.0 Å². The zero-order valence-electron chi connectivity index (χ0n) is 18.5. The van der Waals surface area contributed by atoms with Gasteiger partial charge in [-0.1, -0.05) is 70.4 Å². The molecule has 7 nitrogen and oxygen atoms in total. The van der Waals surface area contributed by atoms with Gasteiger partial charge in [0.2, 0.25) is 0 Å². The average molecular weight is 455 g/mol. The summed E-state index contributed by atoms with van der Waals surface area (Å²) in [7, 11) is -4.11. The van der Waals surface area contributed by atoms with Crippen molar-refractivity contribution >= 4 is 10.1 Å². The molecule has 0 heterocycles. The van der Waals surface area contributed by atoms with Crippen molar-refractivity contribution < 1.29 is 62.4 Å². The minimum absolute atomic E-state index is 0. The van der Waals surface area contributed by atoms with Gasteiger partial charge in [0.15, 0.2) is 5.75 Å². The fourth-order valence-electron chi connectivity index (χ4n) is 2.90. The summed E-state index contributed by atoms with van der Waals surface area (Å²) in [6, 6.07) is 7.67. The molecule has 0 atom stereocenters. The standard InChI is InChI=1S/C21H36O7S.Na/c1-2-3-4-5-6-7-10-13-20-14-16-21(17-15-20)26-28-27-25-18-11-8-9-12-19-29(22,23)24;/h14-17H,2-13,18-19H2,1H3,(H,22,23,24);/q;+1/p-1. The van der Waals surface area contributed by atoms with Gasteiger partial charge in [0.25, 0.3) is 0 Å². The Labute approximate surface area is 203 Å². The third kappa shape index (κ3) is 18.6. The van der Waals surface area contributed by atoms with E-state index in [-0.39, 0.29) is 41.9 Å². The molecule has 0 unspecified atom stereocenters. The molecule has 0 spiro atoms. The Hall–Kier alpha value is -0.190. The average Bonchev–Trinajstić information content (AvgIpc) is 2.69. The predicted molar refractivity (Wildman–Crippen MR) is 110 cm³/mol. The van der Waals surface area contributed by atoms with E-state index < -0.39 is 10.1 Å². The van der Waals surface area contributed by atoms with E-state index in [9.17, 15) is 13.0 Å². The minimum atomic E-state index is -4.11. The number of hydrogen-bond acceptors (Lipinski definition) is 7. The van der Waals surface area contributed by atoms with E-state index in [4.69, 9.17) is 9.78 Å². The van der Waals surface area contributed by atoms with Crippen LogP contribution in [0.3, 0.4) is 0 Å². The second kappa shape index (κ2) is 19.5. The Morgan fingerprint density at radius 2 is 1.40 bits per heavy atom. The van der Waals surface area contributed by atoms with Gasteiger partial charge in [-0.25, -0.2) is 13.3 Å². The van der Waals surface area contributed by atoms with Crippen molar-refractivity contribution in [3.8, 4) is 5.75 Å². The zero-order valence-corrected chi connectivity index (χ0v) is 21.3. The van der Waals surface area contributed by atoms with Crippen molar-refractivity contribution in [2.75, 3.05) is 12.4 Å². The van der Waals surface area contributed by atoms with Gasteiger partial charge in [0.1, 0.15) is 0 Å². The van der Waals surface area contributed by atoms with E-state index in [1.165, 1.54) is 50.5 Å². The number of hydrogen-bond donors (Lipinski definition) is 0. The summed E-state index contributed by atoms with van der Waals surface area (Å²) in [5.41, 5.74) is 1.27. The molecule has 0 bridgehead atoms. The monoisotopic (exact) mass is 454 g/mol. The molecule has 0 aliphatic rings. The number of benzene rings is 1. The molecule has 0 aliphatic heterocycles. The fourth-order valence-corrected chi connectivity index (χ4v) is 3.46. The SMILES string of the molecule is CCCCCCCCCc1ccc(OOOOCCCCCCS(=O)(=O)[O-])cc1.[Na+]. The molecule has 0 N–H and O–H groups in total. The maximum Gasteiger partial charge on any atom is 1.00 e. The van der Waals surface area contributed by atoms with E-state index >= 15 is 0 Å². The summed E-state index contributed by atoms with van der Waals surface area (Å²) in [6.07, 6.45) is 12.6. The number of aryl methyl sites for hydroxylation is 1. The minimum Gasteiger partial charge on any atom is -0.748 e. The van der Waals surface area contributed by atoms with Crippen LogP contribution < -0.4 is 34.4 Å². The summed E-state index contributed by atoms with van der Waals surface area (Å²) in [5, 5.41) is 9.01. The van der Waals surface area contributed by atoms with Crippen LogP contribution in [0, 0.1) is 0 Å². The molecule has 0 amide bonds. The topological polar surface area (TPSA) is 94.1 Å². The molecule has 1 aromatic carbocycles. The first kappa shape index (κ1) is 29.8. The van der Waals surface area contributed by atoms with Gasteiger partial charge >= 0.3 is 29.6 Å². The molecule has 0 aromatic heterocycles. The van der Waals surface area contributed by atoms with Gasteiger partial charge in [0.05, 0.1) is 16.7 Å². The Kier molecular flexibility index (Phi) is 19.4. The zero-order chi connectivity index (χ0) is 21.2. The predicted octanol–water partition coefficient (Wildman–Crippen LogP) is 2.26. The Morgan fingerprint density at radius 1 is 0.800 bits per heavy atom. The molecule has 1 aromatic rings. The van der Waals surface area contributed by atoms with E-state index in [0.717, 1.165) is 12.8 Å². The second-order valence-corrected chi connectivity index (χ2v) is 8.76. The van der Waals surface area contributed by atoms with Gasteiger partial charge in [-0.05, 0) is 48.4 Å². The van der Waals surface area contributed by atoms with Crippen molar-refractivity contribution in [2.24, 2.45) is 0 Å². The summed E-state index contributed by atoms with van der Waals surface area (Å²) < 4.78 is 31.3. The first-order valence-corrected chi connectivity index (χ1v) is 12.2. The molecular weight excluding hydrogens is 419 g/mol. The van der Waals surface area contributed by atoms with E-state index in [1.54, 1.807) is 0 Å². The molecule has 0 radical (unpaired) electrons. The van der Waals surface area contributed by atoms with Gasteiger partial charge in [-0.2, -0.15) is 0 Å². The van der Waals surface area contributed by atoms with Gasteiger partial charge in [0, 0.05) is 10.8 Å². The van der Waals surface area contributed by atoms with Crippen LogP contribution in [-0.2, 0) is 31.5 Å². The molecule has 1 rings (SSSR count). The Balaban J connectivity index is 0.00000841. The van der Waals surface area contributed by atoms with Crippen molar-refractivity contribution in [3.05, 3.63) is 29.8 Å². The van der Waals surface area contributed by atoms with Crippen LogP contribution in [0.25, 0.3) is 0 Å². The van der Waals surface area contributed by atoms with Crippen molar-refractivity contribution in [3.63, 3.8) is 0 Å². The van der Waals surface area contributed by atoms with Crippen molar-refractivity contribution in [1.82, 2.24) is 0 Å². The summed E-state index contributed by atoms with van der Waals surface area (Å²) >= 11 is 0. The Bertz CT molecular complexity index is 608. The normalized spacial score (nSPS) is 11.3. The summed E-state index contributed by atoms with van der Waals surface area (Å²) in [4.78, 5) is 9.78. The molecule has 30 heavy (non-hydrogen) atoms. The fraction of sp³-hybridized carbons (Fsp3) is 0.714. The molecular formula is C21H35NaO7S. The summed E-state index contributed by atoms with van der Waals surface area (Å²) in [6.45, 7) is 2.52. The maximum atomic E-state index is 10.4. The van der Waals surface area contributed by atoms with Crippen LogP contribution in [0.1, 0.15) is 83.1 Å². The number of rotatable bonds is 19. The van der Waals surface area contributed by atoms with Gasteiger partial charge in [-0.15, -0.1) is 0 Å². The maximum absolute atomic E-state index is 10.4. The third-order valence-corrected chi connectivity index (χ3v) is 5.36. The molecule has 0 aliphatic carbocycles. The van der Waals surface area contributed by atoms with Crippen LogP contribution >= 0.6 is 0 Å². The first-order chi connectivity index (χ1) is 14.0. The van der Waals surface area contributed by atoms with Crippen LogP contribution in [0.2, 0.25) is 0 Å². The quantitative estimate of drug-likeness (QED) is 0.104. The first-order valence-electron chi connectivity index (χ1n) is 10.7. The molecule has 168 valence electrons. The molecule has 0 saturated carbocycles. The van der Waals surface area contributed by atoms with Gasteiger partial charge < -0.3 is 9.44 Å². The largest absolute Gasteiger partial charge is 1.00 e. The molecule has 9 heteroatoms. The second-order valence-electron chi connectivity index (χ2n) is 7.23. The van der Waals surface area contributed by atoms with Crippen LogP contribution in [0.15, 0.2) is 24.3 Å². The van der Waals surface area contributed by atoms with E-state index in [2.05, 4.69) is 17.0 Å².